The van der Waals surface area contributed by atoms with Crippen LogP contribution in [-0.4, -0.2) is 41.0 Å². The van der Waals surface area contributed by atoms with Crippen molar-refractivity contribution >= 4 is 5.91 Å². The second-order valence-electron chi connectivity index (χ2n) is 8.27. The highest BCUT2D eigenvalue weighted by Gasteiger charge is 2.30. The Labute approximate surface area is 162 Å². The molecule has 0 spiro atoms. The summed E-state index contributed by atoms with van der Waals surface area (Å²) in [6.07, 6.45) is 5.18. The molecule has 1 atom stereocenters. The minimum atomic E-state index is -0.0201. The first-order valence-electron chi connectivity index (χ1n) is 9.96. The van der Waals surface area contributed by atoms with E-state index < -0.39 is 0 Å². The summed E-state index contributed by atoms with van der Waals surface area (Å²) in [7, 11) is 0. The third kappa shape index (κ3) is 5.42. The van der Waals surface area contributed by atoms with Crippen molar-refractivity contribution in [3.05, 3.63) is 42.4 Å². The second kappa shape index (κ2) is 8.70. The Morgan fingerprint density at radius 1 is 1.33 bits per heavy atom. The van der Waals surface area contributed by atoms with Crippen molar-refractivity contribution in [3.63, 3.8) is 0 Å². The van der Waals surface area contributed by atoms with E-state index in [2.05, 4.69) is 36.0 Å². The summed E-state index contributed by atoms with van der Waals surface area (Å²) < 4.78 is 5.77. The molecule has 1 saturated heterocycles. The Hall–Kier alpha value is -2.14. The monoisotopic (exact) mass is 369 g/mol. The van der Waals surface area contributed by atoms with Crippen LogP contribution in [0.2, 0.25) is 0 Å². The zero-order chi connectivity index (χ0) is 19.3. The highest BCUT2D eigenvalue weighted by Crippen LogP contribution is 2.23. The Morgan fingerprint density at radius 2 is 2.11 bits per heavy atom. The number of nitrogens with one attached hydrogen (secondary N) is 1. The largest absolute Gasteiger partial charge is 0.441 e. The number of rotatable bonds is 7. The summed E-state index contributed by atoms with van der Waals surface area (Å²) in [6.45, 7) is 9.63. The van der Waals surface area contributed by atoms with Crippen molar-refractivity contribution in [1.82, 2.24) is 15.2 Å². The van der Waals surface area contributed by atoms with E-state index in [1.165, 1.54) is 12.8 Å². The highest BCUT2D eigenvalue weighted by molar-refractivity contribution is 5.76. The molecule has 2 aromatic rings. The molecule has 1 fully saturated rings. The molecule has 1 N–H and O–H groups in total. The van der Waals surface area contributed by atoms with E-state index in [0.29, 0.717) is 25.3 Å². The summed E-state index contributed by atoms with van der Waals surface area (Å²) in [5, 5.41) is 3.09. The van der Waals surface area contributed by atoms with Gasteiger partial charge in [-0.1, -0.05) is 37.3 Å². The first kappa shape index (κ1) is 19.6. The topological polar surface area (TPSA) is 58.4 Å². The number of carbonyl (C=O) groups is 1. The molecule has 0 bridgehead atoms. The lowest BCUT2D eigenvalue weighted by Crippen LogP contribution is -2.54. The number of likely N-dealkylation sites (tertiary alicyclic amines) is 1. The summed E-state index contributed by atoms with van der Waals surface area (Å²) in [5.41, 5.74) is 0.978. The lowest BCUT2D eigenvalue weighted by atomic mass is 9.93. The third-order valence-corrected chi connectivity index (χ3v) is 5.41. The van der Waals surface area contributed by atoms with E-state index in [9.17, 15) is 4.79 Å². The zero-order valence-corrected chi connectivity index (χ0v) is 16.7. The maximum absolute atomic E-state index is 12.3. The van der Waals surface area contributed by atoms with Crippen LogP contribution in [0.3, 0.4) is 0 Å². The minimum Gasteiger partial charge on any atom is -0.441 e. The number of benzene rings is 1. The number of nitrogens with zero attached hydrogens (tertiary/aromatic N) is 2. The molecule has 0 saturated carbocycles. The standard InChI is InChI=1S/C22H31N3O2/c1-17-8-7-13-25(15-17)22(2,3)16-24-20(26)11-12-21-23-14-19(27-21)18-9-5-4-6-10-18/h4-6,9-10,14,17H,7-8,11-13,15-16H2,1-3H3,(H,24,26). The van der Waals surface area contributed by atoms with Gasteiger partial charge in [-0.15, -0.1) is 0 Å². The summed E-state index contributed by atoms with van der Waals surface area (Å²) >= 11 is 0. The molecule has 0 aliphatic carbocycles. The summed E-state index contributed by atoms with van der Waals surface area (Å²) in [6, 6.07) is 9.88. The van der Waals surface area contributed by atoms with E-state index in [-0.39, 0.29) is 11.4 Å². The fourth-order valence-corrected chi connectivity index (χ4v) is 3.64. The highest BCUT2D eigenvalue weighted by atomic mass is 16.4. The van der Waals surface area contributed by atoms with Crippen LogP contribution in [0.15, 0.2) is 40.9 Å². The van der Waals surface area contributed by atoms with Gasteiger partial charge in [-0.25, -0.2) is 4.98 Å². The number of oxazole rings is 1. The van der Waals surface area contributed by atoms with E-state index in [4.69, 9.17) is 4.42 Å². The molecule has 1 aromatic heterocycles. The number of aromatic nitrogens is 1. The van der Waals surface area contributed by atoms with Crippen molar-refractivity contribution in [2.75, 3.05) is 19.6 Å². The van der Waals surface area contributed by atoms with Crippen molar-refractivity contribution in [1.29, 1.82) is 0 Å². The summed E-state index contributed by atoms with van der Waals surface area (Å²) in [4.78, 5) is 19.1. The molecule has 5 heteroatoms. The molecule has 5 nitrogen and oxygen atoms in total. The van der Waals surface area contributed by atoms with Crippen LogP contribution in [0.25, 0.3) is 11.3 Å². The number of aryl methyl sites for hydroxylation is 1. The SMILES string of the molecule is CC1CCCN(C(C)(C)CNC(=O)CCc2ncc(-c3ccccc3)o2)C1. The fourth-order valence-electron chi connectivity index (χ4n) is 3.64. The molecule has 1 unspecified atom stereocenters. The molecular formula is C22H31N3O2. The second-order valence-corrected chi connectivity index (χ2v) is 8.27. The van der Waals surface area contributed by atoms with Crippen LogP contribution in [-0.2, 0) is 11.2 Å². The van der Waals surface area contributed by atoms with Gasteiger partial charge in [0.05, 0.1) is 6.20 Å². The van der Waals surface area contributed by atoms with Gasteiger partial charge in [0.15, 0.2) is 11.7 Å². The third-order valence-electron chi connectivity index (χ3n) is 5.41. The summed E-state index contributed by atoms with van der Waals surface area (Å²) in [5.74, 6) is 2.13. The van der Waals surface area contributed by atoms with Crippen LogP contribution in [0.1, 0.15) is 45.9 Å². The van der Waals surface area contributed by atoms with Crippen LogP contribution in [0, 0.1) is 5.92 Å². The van der Waals surface area contributed by atoms with Gasteiger partial charge in [0.1, 0.15) is 0 Å². The Bertz CT molecular complexity index is 739. The average Bonchev–Trinajstić information content (AvgIpc) is 3.15. The molecule has 146 valence electrons. The molecular weight excluding hydrogens is 338 g/mol. The zero-order valence-electron chi connectivity index (χ0n) is 16.7. The maximum atomic E-state index is 12.3. The maximum Gasteiger partial charge on any atom is 0.220 e. The van der Waals surface area contributed by atoms with E-state index in [0.717, 1.165) is 30.3 Å². The van der Waals surface area contributed by atoms with Gasteiger partial charge in [0, 0.05) is 37.0 Å². The van der Waals surface area contributed by atoms with Crippen LogP contribution in [0.5, 0.6) is 0 Å². The van der Waals surface area contributed by atoms with Crippen molar-refractivity contribution in [2.24, 2.45) is 5.92 Å². The van der Waals surface area contributed by atoms with Crippen LogP contribution in [0.4, 0.5) is 0 Å². The van der Waals surface area contributed by atoms with Crippen molar-refractivity contribution in [3.8, 4) is 11.3 Å². The smallest absolute Gasteiger partial charge is 0.220 e. The molecule has 27 heavy (non-hydrogen) atoms. The number of hydrogen-bond donors (Lipinski definition) is 1. The minimum absolute atomic E-state index is 0.0201. The Morgan fingerprint density at radius 3 is 2.85 bits per heavy atom. The normalized spacial score (nSPS) is 18.4. The van der Waals surface area contributed by atoms with Gasteiger partial charge < -0.3 is 9.73 Å². The number of hydrogen-bond acceptors (Lipinski definition) is 4. The molecule has 3 rings (SSSR count). The van der Waals surface area contributed by atoms with Crippen LogP contribution < -0.4 is 5.32 Å². The van der Waals surface area contributed by atoms with E-state index in [1.807, 2.05) is 30.3 Å². The van der Waals surface area contributed by atoms with Gasteiger partial charge in [0.2, 0.25) is 5.91 Å². The molecule has 1 aliphatic rings. The number of amides is 1. The average molecular weight is 370 g/mol. The Balaban J connectivity index is 1.45. The lowest BCUT2D eigenvalue weighted by molar-refractivity contribution is -0.121. The first-order chi connectivity index (χ1) is 12.9. The van der Waals surface area contributed by atoms with Crippen LogP contribution >= 0.6 is 0 Å². The van der Waals surface area contributed by atoms with Gasteiger partial charge >= 0.3 is 0 Å². The van der Waals surface area contributed by atoms with Gasteiger partial charge in [0.25, 0.3) is 0 Å². The lowest BCUT2D eigenvalue weighted by Gasteiger charge is -2.43. The molecule has 1 aliphatic heterocycles. The molecule has 0 radical (unpaired) electrons. The van der Waals surface area contributed by atoms with Crippen molar-refractivity contribution in [2.45, 2.75) is 52.0 Å². The predicted molar refractivity (Wildman–Crippen MR) is 107 cm³/mol. The predicted octanol–water partition coefficient (Wildman–Crippen LogP) is 3.90. The number of piperidine rings is 1. The fraction of sp³-hybridized carbons (Fsp3) is 0.545. The van der Waals surface area contributed by atoms with Gasteiger partial charge in [-0.3, -0.25) is 9.69 Å². The van der Waals surface area contributed by atoms with Gasteiger partial charge in [-0.2, -0.15) is 0 Å². The molecule has 1 amide bonds. The first-order valence-corrected chi connectivity index (χ1v) is 9.96. The molecule has 2 heterocycles. The number of carbonyl (C=O) groups excluding carboxylic acids is 1. The Kier molecular flexibility index (Phi) is 6.32. The van der Waals surface area contributed by atoms with Crippen molar-refractivity contribution < 1.29 is 9.21 Å². The van der Waals surface area contributed by atoms with E-state index in [1.54, 1.807) is 6.20 Å². The quantitative estimate of drug-likeness (QED) is 0.804. The molecule has 1 aromatic carbocycles. The van der Waals surface area contributed by atoms with Gasteiger partial charge in [-0.05, 0) is 39.2 Å². The van der Waals surface area contributed by atoms with E-state index >= 15 is 0 Å².